The molecule has 1 unspecified atom stereocenters. The molecule has 0 heterocycles. The molecule has 5 atom stereocenters. The summed E-state index contributed by atoms with van der Waals surface area (Å²) in [5, 5.41) is 63.2. The average molecular weight is 524 g/mol. The monoisotopic (exact) mass is 524 g/mol. The number of benzene rings is 2. The second-order valence-corrected chi connectivity index (χ2v) is 8.45. The van der Waals surface area contributed by atoms with Crippen LogP contribution >= 0.6 is 0 Å². The number of aliphatic hydroxyl groups excluding tert-OH is 4. The van der Waals surface area contributed by atoms with Crippen LogP contribution in [0.2, 0.25) is 0 Å². The number of rotatable bonds is 10. The molecule has 0 aromatic heterocycles. The summed E-state index contributed by atoms with van der Waals surface area (Å²) in [5.41, 5.74) is -9.75. The molecule has 0 aliphatic rings. The van der Waals surface area contributed by atoms with Crippen molar-refractivity contribution in [2.75, 3.05) is 6.61 Å². The number of halogens is 6. The maximum absolute atomic E-state index is 13.5. The molecule has 200 valence electrons. The van der Waals surface area contributed by atoms with Gasteiger partial charge in [0.1, 0.15) is 29.5 Å². The second-order valence-electron chi connectivity index (χ2n) is 8.45. The van der Waals surface area contributed by atoms with Gasteiger partial charge in [0.05, 0.1) is 17.7 Å². The fraction of sp³-hybridized carbons (Fsp3) is 0.417. The molecule has 0 aliphatic carbocycles. The fourth-order valence-electron chi connectivity index (χ4n) is 4.02. The van der Waals surface area contributed by atoms with Crippen molar-refractivity contribution in [1.29, 1.82) is 0 Å². The largest absolute Gasteiger partial charge is 0.416 e. The molecule has 6 nitrogen and oxygen atoms in total. The maximum atomic E-state index is 13.5. The first-order valence-electron chi connectivity index (χ1n) is 10.5. The first kappa shape index (κ1) is 29.7. The van der Waals surface area contributed by atoms with Gasteiger partial charge in [-0.05, 0) is 23.3 Å². The van der Waals surface area contributed by atoms with Gasteiger partial charge in [-0.15, -0.1) is 6.58 Å². The highest BCUT2D eigenvalue weighted by Gasteiger charge is 2.54. The average Bonchev–Trinajstić information content (AvgIpc) is 2.81. The topological polar surface area (TPSA) is 121 Å². The van der Waals surface area contributed by atoms with Crippen molar-refractivity contribution in [3.8, 4) is 0 Å². The molecule has 2 aromatic carbocycles. The minimum absolute atomic E-state index is 0.554. The summed E-state index contributed by atoms with van der Waals surface area (Å²) < 4.78 is 81.0. The number of alkyl halides is 6. The van der Waals surface area contributed by atoms with Gasteiger partial charge in [0.25, 0.3) is 0 Å². The Morgan fingerprint density at radius 2 is 1.17 bits per heavy atom. The summed E-state index contributed by atoms with van der Waals surface area (Å²) in [4.78, 5) is 0. The Labute approximate surface area is 202 Å². The molecule has 0 bridgehead atoms. The fourth-order valence-corrected chi connectivity index (χ4v) is 4.02. The first-order valence-corrected chi connectivity index (χ1v) is 10.5. The Balaban J connectivity index is 2.63. The zero-order valence-electron chi connectivity index (χ0n) is 18.7. The number of hydrogen-bond donors (Lipinski definition) is 6. The quantitative estimate of drug-likeness (QED) is 0.210. The highest BCUT2D eigenvalue weighted by molar-refractivity contribution is 5.35. The maximum Gasteiger partial charge on any atom is 0.416 e. The summed E-state index contributed by atoms with van der Waals surface area (Å²) in [6.45, 7) is 2.06. The second kappa shape index (κ2) is 10.9. The van der Waals surface area contributed by atoms with E-state index in [1.807, 2.05) is 0 Å². The van der Waals surface area contributed by atoms with Crippen molar-refractivity contribution in [2.24, 2.45) is 0 Å². The van der Waals surface area contributed by atoms with E-state index in [9.17, 15) is 57.0 Å². The third-order valence-electron chi connectivity index (χ3n) is 5.96. The van der Waals surface area contributed by atoms with Gasteiger partial charge in [-0.1, -0.05) is 42.5 Å². The minimum atomic E-state index is -4.94. The molecule has 2 aromatic rings. The van der Waals surface area contributed by atoms with Gasteiger partial charge < -0.3 is 30.6 Å². The van der Waals surface area contributed by atoms with Crippen LogP contribution in [-0.2, 0) is 25.2 Å². The summed E-state index contributed by atoms with van der Waals surface area (Å²) in [7, 11) is 0. The lowest BCUT2D eigenvalue weighted by Gasteiger charge is -2.45. The Morgan fingerprint density at radius 1 is 0.750 bits per heavy atom. The molecule has 0 amide bonds. The molecule has 2 rings (SSSR count). The van der Waals surface area contributed by atoms with E-state index in [-0.39, 0.29) is 0 Å². The molecule has 0 spiro atoms. The number of hydrogen-bond acceptors (Lipinski definition) is 6. The van der Waals surface area contributed by atoms with Crippen molar-refractivity contribution in [3.05, 3.63) is 83.4 Å². The van der Waals surface area contributed by atoms with E-state index in [1.165, 1.54) is 6.07 Å². The zero-order chi connectivity index (χ0) is 27.5. The van der Waals surface area contributed by atoms with Crippen LogP contribution in [0.1, 0.15) is 22.3 Å². The van der Waals surface area contributed by atoms with Crippen LogP contribution in [0.4, 0.5) is 26.3 Å². The van der Waals surface area contributed by atoms with Gasteiger partial charge >= 0.3 is 12.4 Å². The predicted molar refractivity (Wildman–Crippen MR) is 115 cm³/mol. The van der Waals surface area contributed by atoms with E-state index in [0.717, 1.165) is 30.3 Å². The van der Waals surface area contributed by atoms with E-state index >= 15 is 0 Å². The van der Waals surface area contributed by atoms with Gasteiger partial charge in [0, 0.05) is 12.8 Å². The summed E-state index contributed by atoms with van der Waals surface area (Å²) in [6.07, 6.45) is -19.0. The van der Waals surface area contributed by atoms with Crippen molar-refractivity contribution < 1.29 is 57.0 Å². The van der Waals surface area contributed by atoms with Gasteiger partial charge in [-0.2, -0.15) is 26.3 Å². The SMILES string of the molecule is C=CC(O)(Cc1ccccc1C(F)(F)F)[C@@H](O)[C@@](O)(Cc1ccccc1C(F)(F)F)[C@H](O)[C@@H](O)CO. The molecule has 0 saturated carbocycles. The minimum Gasteiger partial charge on any atom is -0.394 e. The summed E-state index contributed by atoms with van der Waals surface area (Å²) in [6, 6.07) is 7.70. The third-order valence-corrected chi connectivity index (χ3v) is 5.96. The highest BCUT2D eigenvalue weighted by Crippen LogP contribution is 2.39. The molecular weight excluding hydrogens is 498 g/mol. The molecule has 0 aliphatic heterocycles. The number of aliphatic hydroxyl groups is 6. The summed E-state index contributed by atoms with van der Waals surface area (Å²) in [5.74, 6) is 0. The van der Waals surface area contributed by atoms with Gasteiger partial charge in [0.2, 0.25) is 0 Å². The lowest BCUT2D eigenvalue weighted by Crippen LogP contribution is -2.66. The summed E-state index contributed by atoms with van der Waals surface area (Å²) >= 11 is 0. The molecule has 0 fully saturated rings. The van der Waals surface area contributed by atoms with E-state index < -0.39 is 83.6 Å². The highest BCUT2D eigenvalue weighted by atomic mass is 19.4. The molecule has 6 N–H and O–H groups in total. The van der Waals surface area contributed by atoms with Crippen LogP contribution < -0.4 is 0 Å². The molecule has 0 radical (unpaired) electrons. The smallest absolute Gasteiger partial charge is 0.394 e. The van der Waals surface area contributed by atoms with Crippen LogP contribution in [0, 0.1) is 0 Å². The Hall–Kier alpha value is -2.48. The lowest BCUT2D eigenvalue weighted by molar-refractivity contribution is -0.219. The van der Waals surface area contributed by atoms with Crippen LogP contribution in [-0.4, -0.2) is 66.8 Å². The molecule has 0 saturated heterocycles. The van der Waals surface area contributed by atoms with Crippen LogP contribution in [0.3, 0.4) is 0 Å². The van der Waals surface area contributed by atoms with Gasteiger partial charge in [-0.25, -0.2) is 0 Å². The predicted octanol–water partition coefficient (Wildman–Crippen LogP) is 2.23. The Morgan fingerprint density at radius 3 is 1.56 bits per heavy atom. The van der Waals surface area contributed by atoms with E-state index in [2.05, 4.69) is 6.58 Å². The van der Waals surface area contributed by atoms with Crippen LogP contribution in [0.25, 0.3) is 0 Å². The van der Waals surface area contributed by atoms with Crippen LogP contribution in [0.15, 0.2) is 61.2 Å². The van der Waals surface area contributed by atoms with Gasteiger partial charge in [-0.3, -0.25) is 0 Å². The molecule has 12 heteroatoms. The van der Waals surface area contributed by atoms with E-state index in [4.69, 9.17) is 0 Å². The van der Waals surface area contributed by atoms with Gasteiger partial charge in [0.15, 0.2) is 0 Å². The van der Waals surface area contributed by atoms with Crippen LogP contribution in [0.5, 0.6) is 0 Å². The van der Waals surface area contributed by atoms with E-state index in [1.54, 1.807) is 0 Å². The molecule has 36 heavy (non-hydrogen) atoms. The molecular formula is C24H26F6O6. The van der Waals surface area contributed by atoms with Crippen molar-refractivity contribution in [3.63, 3.8) is 0 Å². The van der Waals surface area contributed by atoms with Crippen molar-refractivity contribution in [1.82, 2.24) is 0 Å². The first-order chi connectivity index (χ1) is 16.5. The lowest BCUT2D eigenvalue weighted by atomic mass is 9.72. The standard InChI is InChI=1S/C24H26F6O6/c1-2-21(35,11-14-7-3-5-9-16(14)23(25,26)27)20(34)22(36,19(33)18(32)13-31)12-15-8-4-6-10-17(15)24(28,29)30/h2-10,18-20,31-36H,1,11-13H2/t18-,19+,20+,21?,22+/m0/s1. The Kier molecular flexibility index (Phi) is 8.98. The van der Waals surface area contributed by atoms with Crippen molar-refractivity contribution in [2.45, 2.75) is 54.7 Å². The zero-order valence-corrected chi connectivity index (χ0v) is 18.7. The van der Waals surface area contributed by atoms with E-state index in [0.29, 0.717) is 18.2 Å². The van der Waals surface area contributed by atoms with Crippen molar-refractivity contribution >= 4 is 0 Å². The third kappa shape index (κ3) is 6.25. The normalized spacial score (nSPS) is 18.6. The Bertz CT molecular complexity index is 1040.